The van der Waals surface area contributed by atoms with Gasteiger partial charge in [0.15, 0.2) is 0 Å². The standard InChI is InChI=1S/C13H24ClNO/c1-3-8-15-12-4-6-13(7-5-12)16-10-11(2)9-14/h9,12-13,15H,3-8,10H2,1-2H3. The molecule has 1 fully saturated rings. The second-order valence-corrected chi connectivity index (χ2v) is 4.91. The molecule has 0 aromatic rings. The van der Waals surface area contributed by atoms with E-state index in [1.54, 1.807) is 5.54 Å². The molecule has 0 saturated heterocycles. The molecule has 0 aromatic carbocycles. The summed E-state index contributed by atoms with van der Waals surface area (Å²) in [7, 11) is 0. The monoisotopic (exact) mass is 245 g/mol. The molecule has 0 bridgehead atoms. The minimum atomic E-state index is 0.436. The van der Waals surface area contributed by atoms with E-state index >= 15 is 0 Å². The van der Waals surface area contributed by atoms with Gasteiger partial charge in [-0.15, -0.1) is 0 Å². The lowest BCUT2D eigenvalue weighted by atomic mass is 9.93. The van der Waals surface area contributed by atoms with E-state index in [9.17, 15) is 0 Å². The van der Waals surface area contributed by atoms with Gasteiger partial charge in [0.2, 0.25) is 0 Å². The highest BCUT2D eigenvalue weighted by Gasteiger charge is 2.20. The molecular formula is C13H24ClNO. The van der Waals surface area contributed by atoms with Gasteiger partial charge in [-0.3, -0.25) is 0 Å². The fourth-order valence-electron chi connectivity index (χ4n) is 2.06. The van der Waals surface area contributed by atoms with E-state index in [1.165, 1.54) is 32.1 Å². The molecule has 1 saturated carbocycles. The molecule has 3 heteroatoms. The van der Waals surface area contributed by atoms with E-state index in [4.69, 9.17) is 16.3 Å². The van der Waals surface area contributed by atoms with Crippen LogP contribution in [0.4, 0.5) is 0 Å². The smallest absolute Gasteiger partial charge is 0.0689 e. The van der Waals surface area contributed by atoms with E-state index in [-0.39, 0.29) is 0 Å². The predicted octanol–water partition coefficient (Wildman–Crippen LogP) is 3.46. The molecule has 0 amide bonds. The predicted molar refractivity (Wildman–Crippen MR) is 69.9 cm³/mol. The summed E-state index contributed by atoms with van der Waals surface area (Å²) in [5.74, 6) is 0. The quantitative estimate of drug-likeness (QED) is 0.774. The molecule has 0 aliphatic heterocycles. The average molecular weight is 246 g/mol. The Hall–Kier alpha value is -0.0500. The molecule has 16 heavy (non-hydrogen) atoms. The van der Waals surface area contributed by atoms with Gasteiger partial charge in [-0.05, 0) is 51.1 Å². The van der Waals surface area contributed by atoms with Gasteiger partial charge in [0.05, 0.1) is 12.7 Å². The van der Waals surface area contributed by atoms with Gasteiger partial charge in [0.25, 0.3) is 0 Å². The summed E-state index contributed by atoms with van der Waals surface area (Å²) in [6.07, 6.45) is 6.50. The van der Waals surface area contributed by atoms with Crippen LogP contribution in [0.2, 0.25) is 0 Å². The van der Waals surface area contributed by atoms with Crippen molar-refractivity contribution in [3.63, 3.8) is 0 Å². The Balaban J connectivity index is 2.12. The molecule has 2 nitrogen and oxygen atoms in total. The molecule has 0 heterocycles. The SMILES string of the molecule is CCCNC1CCC(OCC(C)=CCl)CC1. The largest absolute Gasteiger partial charge is 0.374 e. The summed E-state index contributed by atoms with van der Waals surface area (Å²) in [4.78, 5) is 0. The van der Waals surface area contributed by atoms with E-state index in [0.29, 0.717) is 18.8 Å². The number of hydrogen-bond donors (Lipinski definition) is 1. The zero-order valence-corrected chi connectivity index (χ0v) is 11.2. The van der Waals surface area contributed by atoms with Gasteiger partial charge in [-0.25, -0.2) is 0 Å². The van der Waals surface area contributed by atoms with E-state index < -0.39 is 0 Å². The van der Waals surface area contributed by atoms with Crippen LogP contribution < -0.4 is 5.32 Å². The van der Waals surface area contributed by atoms with Crippen LogP contribution in [0.15, 0.2) is 11.1 Å². The molecule has 1 aliphatic carbocycles. The molecule has 0 atom stereocenters. The lowest BCUT2D eigenvalue weighted by Crippen LogP contribution is -2.35. The molecule has 1 aliphatic rings. The Morgan fingerprint density at radius 2 is 2.06 bits per heavy atom. The van der Waals surface area contributed by atoms with Crippen LogP contribution in [-0.4, -0.2) is 25.3 Å². The Bertz CT molecular complexity index is 210. The minimum absolute atomic E-state index is 0.436. The highest BCUT2D eigenvalue weighted by molar-refractivity contribution is 6.25. The Morgan fingerprint density at radius 1 is 1.38 bits per heavy atom. The zero-order chi connectivity index (χ0) is 11.8. The van der Waals surface area contributed by atoms with Gasteiger partial charge >= 0.3 is 0 Å². The van der Waals surface area contributed by atoms with Crippen molar-refractivity contribution in [3.8, 4) is 0 Å². The third-order valence-corrected chi connectivity index (χ3v) is 3.46. The second kappa shape index (κ2) is 8.10. The van der Waals surface area contributed by atoms with Gasteiger partial charge in [-0.1, -0.05) is 18.5 Å². The number of rotatable bonds is 6. The highest BCUT2D eigenvalue weighted by Crippen LogP contribution is 2.21. The molecule has 0 spiro atoms. The van der Waals surface area contributed by atoms with Crippen LogP contribution in [0.25, 0.3) is 0 Å². The maximum absolute atomic E-state index is 5.81. The van der Waals surface area contributed by atoms with E-state index in [2.05, 4.69) is 12.2 Å². The summed E-state index contributed by atoms with van der Waals surface area (Å²) in [5.41, 5.74) is 2.71. The van der Waals surface area contributed by atoms with Gasteiger partial charge < -0.3 is 10.1 Å². The fraction of sp³-hybridized carbons (Fsp3) is 0.846. The summed E-state index contributed by atoms with van der Waals surface area (Å²) in [6.45, 7) is 6.04. The number of hydrogen-bond acceptors (Lipinski definition) is 2. The molecule has 0 radical (unpaired) electrons. The molecule has 1 N–H and O–H groups in total. The van der Waals surface area contributed by atoms with Gasteiger partial charge in [-0.2, -0.15) is 0 Å². The van der Waals surface area contributed by atoms with Crippen LogP contribution >= 0.6 is 11.6 Å². The summed E-state index contributed by atoms with van der Waals surface area (Å²) >= 11 is 5.60. The lowest BCUT2D eigenvalue weighted by molar-refractivity contribution is 0.0361. The number of nitrogens with one attached hydrogen (secondary N) is 1. The Labute approximate surface area is 104 Å². The lowest BCUT2D eigenvalue weighted by Gasteiger charge is -2.29. The fourth-order valence-corrected chi connectivity index (χ4v) is 2.13. The van der Waals surface area contributed by atoms with Crippen LogP contribution in [0.5, 0.6) is 0 Å². The maximum Gasteiger partial charge on any atom is 0.0689 e. The van der Waals surface area contributed by atoms with Crippen molar-refractivity contribution in [1.29, 1.82) is 0 Å². The first-order valence-corrected chi connectivity index (χ1v) is 6.80. The first-order valence-electron chi connectivity index (χ1n) is 6.37. The van der Waals surface area contributed by atoms with Crippen molar-refractivity contribution in [3.05, 3.63) is 11.1 Å². The van der Waals surface area contributed by atoms with Crippen molar-refractivity contribution in [2.24, 2.45) is 0 Å². The van der Waals surface area contributed by atoms with Crippen LogP contribution in [0, 0.1) is 0 Å². The third kappa shape index (κ3) is 5.33. The van der Waals surface area contributed by atoms with Crippen molar-refractivity contribution in [2.75, 3.05) is 13.2 Å². The highest BCUT2D eigenvalue weighted by atomic mass is 35.5. The van der Waals surface area contributed by atoms with Crippen LogP contribution in [0.3, 0.4) is 0 Å². The Kier molecular flexibility index (Phi) is 7.10. The normalized spacial score (nSPS) is 27.1. The molecule has 0 aromatic heterocycles. The van der Waals surface area contributed by atoms with Crippen LogP contribution in [0.1, 0.15) is 46.0 Å². The van der Waals surface area contributed by atoms with Gasteiger partial charge in [0, 0.05) is 11.6 Å². The van der Waals surface area contributed by atoms with Crippen molar-refractivity contribution >= 4 is 11.6 Å². The molecular weight excluding hydrogens is 222 g/mol. The van der Waals surface area contributed by atoms with Crippen LogP contribution in [-0.2, 0) is 4.74 Å². The summed E-state index contributed by atoms with van der Waals surface area (Å²) in [6, 6.07) is 0.712. The van der Waals surface area contributed by atoms with Crippen molar-refractivity contribution in [2.45, 2.75) is 58.1 Å². The van der Waals surface area contributed by atoms with Crippen molar-refractivity contribution in [1.82, 2.24) is 5.32 Å². The topological polar surface area (TPSA) is 21.3 Å². The van der Waals surface area contributed by atoms with E-state index in [0.717, 1.165) is 12.1 Å². The first-order chi connectivity index (χ1) is 7.76. The summed E-state index contributed by atoms with van der Waals surface area (Å²) in [5, 5.41) is 3.58. The average Bonchev–Trinajstić information content (AvgIpc) is 2.34. The second-order valence-electron chi connectivity index (χ2n) is 4.69. The third-order valence-electron chi connectivity index (χ3n) is 3.09. The number of halogens is 1. The molecule has 94 valence electrons. The zero-order valence-electron chi connectivity index (χ0n) is 10.5. The summed E-state index contributed by atoms with van der Waals surface area (Å²) < 4.78 is 5.81. The molecule has 0 unspecified atom stereocenters. The molecule has 1 rings (SSSR count). The van der Waals surface area contributed by atoms with E-state index in [1.807, 2.05) is 6.92 Å². The maximum atomic E-state index is 5.81. The van der Waals surface area contributed by atoms with Gasteiger partial charge in [0.1, 0.15) is 0 Å². The van der Waals surface area contributed by atoms with Crippen molar-refractivity contribution < 1.29 is 4.74 Å². The number of ether oxygens (including phenoxy) is 1. The first kappa shape index (κ1) is 14.0. The minimum Gasteiger partial charge on any atom is -0.374 e. The Morgan fingerprint density at radius 3 is 2.62 bits per heavy atom.